The summed E-state index contributed by atoms with van der Waals surface area (Å²) in [5, 5.41) is 0. The Hall–Kier alpha value is -4.79. The lowest BCUT2D eigenvalue weighted by atomic mass is 10.1. The van der Waals surface area contributed by atoms with Gasteiger partial charge in [-0.05, 0) is 35.9 Å². The van der Waals surface area contributed by atoms with E-state index in [2.05, 4.69) is 0 Å². The maximum atomic E-state index is 12.9. The summed E-state index contributed by atoms with van der Waals surface area (Å²) >= 11 is 0. The van der Waals surface area contributed by atoms with Crippen LogP contribution in [0.15, 0.2) is 78.9 Å². The minimum absolute atomic E-state index is 0.0302. The zero-order chi connectivity index (χ0) is 25.7. The Morgan fingerprint density at radius 3 is 2.14 bits per heavy atom. The number of para-hydroxylation sites is 1. The van der Waals surface area contributed by atoms with Crippen LogP contribution in [0.2, 0.25) is 0 Å². The summed E-state index contributed by atoms with van der Waals surface area (Å²) in [4.78, 5) is 64.7. The zero-order valence-electron chi connectivity index (χ0n) is 19.3. The van der Waals surface area contributed by atoms with Crippen LogP contribution in [-0.4, -0.2) is 47.6 Å². The molecule has 4 rings (SSSR count). The molecule has 9 heteroatoms. The normalized spacial score (nSPS) is 12.3. The third-order valence-electron chi connectivity index (χ3n) is 5.67. The number of carbonyl (C=O) groups excluding carboxylic acids is 5. The predicted molar refractivity (Wildman–Crippen MR) is 130 cm³/mol. The first kappa shape index (κ1) is 24.3. The van der Waals surface area contributed by atoms with Gasteiger partial charge in [0.25, 0.3) is 17.7 Å². The Balaban J connectivity index is 1.44. The van der Waals surface area contributed by atoms with Crippen LogP contribution in [0.3, 0.4) is 0 Å². The largest absolute Gasteiger partial charge is 0.452 e. The van der Waals surface area contributed by atoms with Crippen molar-refractivity contribution in [2.24, 2.45) is 5.73 Å². The number of hydrogen-bond acceptors (Lipinski definition) is 6. The molecule has 0 saturated carbocycles. The summed E-state index contributed by atoms with van der Waals surface area (Å²) in [7, 11) is 0. The molecule has 1 aliphatic heterocycles. The fourth-order valence-corrected chi connectivity index (χ4v) is 3.84. The average molecular weight is 485 g/mol. The first-order chi connectivity index (χ1) is 17.3. The van der Waals surface area contributed by atoms with Crippen LogP contribution < -0.4 is 10.6 Å². The van der Waals surface area contributed by atoms with Crippen LogP contribution in [0.25, 0.3) is 0 Å². The lowest BCUT2D eigenvalue weighted by Gasteiger charge is -2.22. The number of rotatable bonds is 9. The van der Waals surface area contributed by atoms with Crippen LogP contribution in [0.5, 0.6) is 0 Å². The number of hydrogen-bond donors (Lipinski definition) is 1. The SMILES string of the molecule is NC(=O)CCN(C(=O)COC(=O)c1ccc2c(c1)C(=O)N(Cc1ccccc1)C2=O)c1ccccc1. The van der Waals surface area contributed by atoms with E-state index in [1.807, 2.05) is 30.3 Å². The molecule has 0 bridgehead atoms. The maximum Gasteiger partial charge on any atom is 0.338 e. The molecular formula is C27H23N3O6. The molecule has 0 spiro atoms. The van der Waals surface area contributed by atoms with Crippen LogP contribution in [0.4, 0.5) is 5.69 Å². The lowest BCUT2D eigenvalue weighted by Crippen LogP contribution is -2.37. The van der Waals surface area contributed by atoms with E-state index < -0.39 is 36.2 Å². The summed E-state index contributed by atoms with van der Waals surface area (Å²) < 4.78 is 5.19. The van der Waals surface area contributed by atoms with Crippen molar-refractivity contribution in [3.05, 3.63) is 101 Å². The number of esters is 1. The van der Waals surface area contributed by atoms with E-state index >= 15 is 0 Å². The molecule has 0 aromatic heterocycles. The fraction of sp³-hybridized carbons (Fsp3) is 0.148. The number of nitrogens with two attached hydrogens (primary N) is 1. The number of anilines is 1. The number of benzene rings is 3. The molecule has 182 valence electrons. The van der Waals surface area contributed by atoms with Gasteiger partial charge < -0.3 is 15.4 Å². The van der Waals surface area contributed by atoms with Gasteiger partial charge >= 0.3 is 5.97 Å². The second-order valence-electron chi connectivity index (χ2n) is 8.12. The second kappa shape index (κ2) is 10.6. The average Bonchev–Trinajstić information content (AvgIpc) is 3.12. The van der Waals surface area contributed by atoms with E-state index in [9.17, 15) is 24.0 Å². The van der Waals surface area contributed by atoms with Gasteiger partial charge in [0.15, 0.2) is 6.61 Å². The molecule has 0 atom stereocenters. The van der Waals surface area contributed by atoms with Gasteiger partial charge in [0.2, 0.25) is 5.91 Å². The van der Waals surface area contributed by atoms with E-state index in [0.717, 1.165) is 10.5 Å². The highest BCUT2D eigenvalue weighted by Gasteiger charge is 2.36. The van der Waals surface area contributed by atoms with Gasteiger partial charge in [0, 0.05) is 18.7 Å². The number of imide groups is 1. The van der Waals surface area contributed by atoms with E-state index in [-0.39, 0.29) is 36.2 Å². The fourth-order valence-electron chi connectivity index (χ4n) is 3.84. The van der Waals surface area contributed by atoms with Crippen molar-refractivity contribution >= 4 is 35.3 Å². The van der Waals surface area contributed by atoms with Crippen molar-refractivity contribution in [3.8, 4) is 0 Å². The highest BCUT2D eigenvalue weighted by molar-refractivity contribution is 6.21. The molecule has 1 heterocycles. The lowest BCUT2D eigenvalue weighted by molar-refractivity contribution is -0.121. The molecule has 2 N–H and O–H groups in total. The van der Waals surface area contributed by atoms with E-state index in [0.29, 0.717) is 5.69 Å². The quantitative estimate of drug-likeness (QED) is 0.367. The summed E-state index contributed by atoms with van der Waals surface area (Å²) in [6.07, 6.45) is -0.0605. The Morgan fingerprint density at radius 1 is 0.833 bits per heavy atom. The maximum absolute atomic E-state index is 12.9. The molecule has 3 aromatic rings. The van der Waals surface area contributed by atoms with Crippen molar-refractivity contribution in [1.29, 1.82) is 0 Å². The van der Waals surface area contributed by atoms with E-state index in [1.54, 1.807) is 30.3 Å². The van der Waals surface area contributed by atoms with Gasteiger partial charge in [-0.1, -0.05) is 48.5 Å². The molecule has 1 aliphatic rings. The number of ether oxygens (including phenoxy) is 1. The van der Waals surface area contributed by atoms with Crippen LogP contribution in [0, 0.1) is 0 Å². The van der Waals surface area contributed by atoms with Crippen LogP contribution in [0.1, 0.15) is 43.1 Å². The molecule has 0 unspecified atom stereocenters. The molecule has 0 aliphatic carbocycles. The standard InChI is InChI=1S/C27H23N3O6/c28-23(31)13-14-29(20-9-5-2-6-10-20)24(32)17-36-27(35)19-11-12-21-22(15-19)26(34)30(25(21)33)16-18-7-3-1-4-8-18/h1-12,15H,13-14,16-17H2,(H2,28,31). The first-order valence-electron chi connectivity index (χ1n) is 11.2. The third-order valence-corrected chi connectivity index (χ3v) is 5.67. The second-order valence-corrected chi connectivity index (χ2v) is 8.12. The topological polar surface area (TPSA) is 127 Å². The van der Waals surface area contributed by atoms with Gasteiger partial charge in [-0.25, -0.2) is 4.79 Å². The minimum atomic E-state index is -0.823. The third kappa shape index (κ3) is 5.30. The number of fused-ring (bicyclic) bond motifs is 1. The highest BCUT2D eigenvalue weighted by atomic mass is 16.5. The Labute approximate surface area is 207 Å². The van der Waals surface area contributed by atoms with Gasteiger partial charge in [0.1, 0.15) is 0 Å². The highest BCUT2D eigenvalue weighted by Crippen LogP contribution is 2.26. The van der Waals surface area contributed by atoms with E-state index in [1.165, 1.54) is 23.1 Å². The summed E-state index contributed by atoms with van der Waals surface area (Å²) in [5.74, 6) is -2.89. The molecule has 3 aromatic carbocycles. The number of primary amides is 1. The first-order valence-corrected chi connectivity index (χ1v) is 11.2. The summed E-state index contributed by atoms with van der Waals surface area (Å²) in [6.45, 7) is -0.443. The van der Waals surface area contributed by atoms with Crippen molar-refractivity contribution in [3.63, 3.8) is 0 Å². The predicted octanol–water partition coefficient (Wildman–Crippen LogP) is 2.55. The molecule has 0 saturated heterocycles. The number of nitrogens with zero attached hydrogens (tertiary/aromatic N) is 2. The van der Waals surface area contributed by atoms with Gasteiger partial charge in [-0.15, -0.1) is 0 Å². The van der Waals surface area contributed by atoms with Crippen LogP contribution >= 0.6 is 0 Å². The Kier molecular flexibility index (Phi) is 7.20. The molecular weight excluding hydrogens is 462 g/mol. The molecule has 4 amide bonds. The van der Waals surface area contributed by atoms with Crippen molar-refractivity contribution in [1.82, 2.24) is 4.90 Å². The summed E-state index contributed by atoms with van der Waals surface area (Å²) in [6, 6.07) is 21.8. The minimum Gasteiger partial charge on any atom is -0.452 e. The molecule has 0 radical (unpaired) electrons. The van der Waals surface area contributed by atoms with Crippen molar-refractivity contribution in [2.45, 2.75) is 13.0 Å². The van der Waals surface area contributed by atoms with E-state index in [4.69, 9.17) is 10.5 Å². The van der Waals surface area contributed by atoms with Gasteiger partial charge in [-0.2, -0.15) is 0 Å². The smallest absolute Gasteiger partial charge is 0.338 e. The Bertz CT molecular complexity index is 1320. The van der Waals surface area contributed by atoms with Crippen molar-refractivity contribution < 1.29 is 28.7 Å². The zero-order valence-corrected chi connectivity index (χ0v) is 19.3. The van der Waals surface area contributed by atoms with Gasteiger partial charge in [-0.3, -0.25) is 24.1 Å². The Morgan fingerprint density at radius 2 is 1.47 bits per heavy atom. The number of amides is 4. The molecule has 9 nitrogen and oxygen atoms in total. The molecule has 36 heavy (non-hydrogen) atoms. The monoisotopic (exact) mass is 485 g/mol. The summed E-state index contributed by atoms with van der Waals surface area (Å²) in [5.41, 5.74) is 6.88. The number of carbonyl (C=O) groups is 5. The van der Waals surface area contributed by atoms with Crippen LogP contribution in [-0.2, 0) is 20.9 Å². The van der Waals surface area contributed by atoms with Gasteiger partial charge in [0.05, 0.1) is 23.2 Å². The van der Waals surface area contributed by atoms with Crippen molar-refractivity contribution in [2.75, 3.05) is 18.1 Å². The molecule has 0 fully saturated rings.